The Morgan fingerprint density at radius 2 is 1.49 bits per heavy atom. The van der Waals surface area contributed by atoms with Crippen LogP contribution in [0.25, 0.3) is 0 Å². The number of ketones is 1. The average molecular weight is 854 g/mol. The third kappa shape index (κ3) is 8.19. The third-order valence-electron chi connectivity index (χ3n) is 15.3. The Balaban J connectivity index is 1.17. The first-order chi connectivity index (χ1) is 30.5. The van der Waals surface area contributed by atoms with Crippen LogP contribution in [0.2, 0.25) is 0 Å². The van der Waals surface area contributed by atoms with Crippen molar-refractivity contribution in [3.8, 4) is 40.2 Å². The molecule has 330 valence electrons. The van der Waals surface area contributed by atoms with Gasteiger partial charge in [-0.05, 0) is 156 Å². The average Bonchev–Trinajstić information content (AvgIpc) is 3.55. The van der Waals surface area contributed by atoms with E-state index in [-0.39, 0.29) is 107 Å². The van der Waals surface area contributed by atoms with Gasteiger partial charge in [-0.3, -0.25) is 10.5 Å². The number of aliphatic hydroxyl groups excluding tert-OH is 1. The van der Waals surface area contributed by atoms with Gasteiger partial charge in [-0.15, -0.1) is 0 Å². The maximum absolute atomic E-state index is 14.8. The van der Waals surface area contributed by atoms with Crippen molar-refractivity contribution >= 4 is 5.78 Å². The molecule has 8 N–H and O–H groups in total. The topological polar surface area (TPSA) is 183 Å². The van der Waals surface area contributed by atoms with Crippen molar-refractivity contribution in [3.63, 3.8) is 0 Å². The minimum Gasteiger partial charge on any atom is -0.508 e. The lowest BCUT2D eigenvalue weighted by Gasteiger charge is -2.54. The molecule has 0 aliphatic heterocycles. The van der Waals surface area contributed by atoms with Crippen molar-refractivity contribution in [2.75, 3.05) is 6.73 Å². The highest BCUT2D eigenvalue weighted by atomic mass is 16.5. The van der Waals surface area contributed by atoms with Gasteiger partial charge in [0, 0.05) is 17.9 Å². The Bertz CT molecular complexity index is 2410. The summed E-state index contributed by atoms with van der Waals surface area (Å²) in [4.78, 5) is 14.8. The fraction of sp³-hybridized carbons (Fsp3) is 0.415. The van der Waals surface area contributed by atoms with Crippen LogP contribution in [0.15, 0.2) is 103 Å². The summed E-state index contributed by atoms with van der Waals surface area (Å²) < 4.78 is 12.0. The number of hydrogen-bond acceptors (Lipinski definition) is 10. The van der Waals surface area contributed by atoms with E-state index in [0.29, 0.717) is 31.2 Å². The minimum atomic E-state index is -0.990. The molecule has 5 aromatic rings. The van der Waals surface area contributed by atoms with E-state index in [4.69, 9.17) is 15.2 Å². The third-order valence-corrected chi connectivity index (χ3v) is 15.3. The summed E-state index contributed by atoms with van der Waals surface area (Å²) in [5.74, 6) is -1.30. The molecular formula is C53H59NO9. The van der Waals surface area contributed by atoms with Crippen molar-refractivity contribution in [1.82, 2.24) is 0 Å². The fourth-order valence-corrected chi connectivity index (χ4v) is 12.7. The number of nitrogens with two attached hydrogens (primary N) is 1. The van der Waals surface area contributed by atoms with Gasteiger partial charge in [-0.2, -0.15) is 0 Å². The monoisotopic (exact) mass is 853 g/mol. The molecule has 63 heavy (non-hydrogen) atoms. The number of Topliss-reactive ketones (excluding diaryl/α,β-unsaturated/α-hetero) is 1. The Hall–Kier alpha value is -5.71. The Labute approximate surface area is 369 Å². The normalized spacial score (nSPS) is 25.9. The van der Waals surface area contributed by atoms with Crippen LogP contribution in [0.1, 0.15) is 103 Å². The van der Waals surface area contributed by atoms with Crippen molar-refractivity contribution in [2.24, 2.45) is 35.3 Å². The minimum absolute atomic E-state index is 0.00827. The van der Waals surface area contributed by atoms with Crippen molar-refractivity contribution in [2.45, 2.75) is 101 Å². The molecule has 5 aliphatic rings. The molecular weight excluding hydrogens is 795 g/mol. The van der Waals surface area contributed by atoms with Gasteiger partial charge in [0.05, 0.1) is 6.10 Å². The summed E-state index contributed by atoms with van der Waals surface area (Å²) in [5, 5.41) is 67.3. The maximum atomic E-state index is 14.8. The van der Waals surface area contributed by atoms with E-state index in [1.54, 1.807) is 54.6 Å². The van der Waals surface area contributed by atoms with E-state index in [0.717, 1.165) is 60.8 Å². The van der Waals surface area contributed by atoms with E-state index < -0.39 is 12.0 Å². The number of benzene rings is 5. The lowest BCUT2D eigenvalue weighted by Crippen LogP contribution is -2.52. The standard InChI is InChI=1S/C53H59NO9/c54-30-63-46-24-32(15-19-44(46)58)14-18-43(57)40-25-34(22-31-12-16-37(55)17-13-31)39-26-35-27-42(53(20-5-2-6-21-53)36-9-3-1-4-10-36)48(49(39)50(40)60)41-28-45(59)51(61)52(47(35)41)62-29-33-8-7-11-38(56)23-33/h1,3-4,7-13,15-17,19,23-24,28,34-35,39-40,42,48-50,55-56,58-61H,2,5-6,14,18,20-22,25-27,29-30,54H2. The highest BCUT2D eigenvalue weighted by Crippen LogP contribution is 2.68. The smallest absolute Gasteiger partial charge is 0.200 e. The molecule has 3 fully saturated rings. The molecule has 0 amide bonds. The highest BCUT2D eigenvalue weighted by molar-refractivity contribution is 5.82. The summed E-state index contributed by atoms with van der Waals surface area (Å²) in [7, 11) is 0. The molecule has 8 unspecified atom stereocenters. The lowest BCUT2D eigenvalue weighted by atomic mass is 9.50. The Morgan fingerprint density at radius 1 is 0.730 bits per heavy atom. The summed E-state index contributed by atoms with van der Waals surface area (Å²) in [6, 6.07) is 31.6. The number of rotatable bonds is 13. The fourth-order valence-electron chi connectivity index (χ4n) is 12.7. The molecule has 0 saturated heterocycles. The number of phenols is 5. The Kier molecular flexibility index (Phi) is 12.0. The first-order valence-corrected chi connectivity index (χ1v) is 22.7. The molecule has 2 bridgehead atoms. The largest absolute Gasteiger partial charge is 0.508 e. The van der Waals surface area contributed by atoms with Gasteiger partial charge in [0.1, 0.15) is 30.6 Å². The van der Waals surface area contributed by atoms with Crippen LogP contribution in [0, 0.1) is 29.6 Å². The van der Waals surface area contributed by atoms with E-state index >= 15 is 0 Å². The van der Waals surface area contributed by atoms with Gasteiger partial charge < -0.3 is 40.1 Å². The zero-order chi connectivity index (χ0) is 43.8. The van der Waals surface area contributed by atoms with Crippen LogP contribution < -0.4 is 15.2 Å². The molecule has 0 spiro atoms. The predicted molar refractivity (Wildman–Crippen MR) is 239 cm³/mol. The van der Waals surface area contributed by atoms with Crippen LogP contribution in [0.5, 0.6) is 40.2 Å². The summed E-state index contributed by atoms with van der Waals surface area (Å²) in [6.45, 7) is -0.0431. The molecule has 10 nitrogen and oxygen atoms in total. The molecule has 3 saturated carbocycles. The second-order valence-corrected chi connectivity index (χ2v) is 18.7. The van der Waals surface area contributed by atoms with Gasteiger partial charge in [-0.1, -0.05) is 79.9 Å². The molecule has 10 heteroatoms. The molecule has 10 rings (SSSR count). The van der Waals surface area contributed by atoms with Crippen LogP contribution in [0.3, 0.4) is 0 Å². The number of carbonyl (C=O) groups excluding carboxylic acids is 1. The first kappa shape index (κ1) is 42.6. The number of phenolic OH excluding ortho intramolecular Hbond substituents is 5. The number of carbonyl (C=O) groups is 1. The highest BCUT2D eigenvalue weighted by Gasteiger charge is 2.60. The first-order valence-electron chi connectivity index (χ1n) is 22.7. The number of hydrogen-bond donors (Lipinski definition) is 7. The van der Waals surface area contributed by atoms with E-state index in [1.165, 1.54) is 5.56 Å². The van der Waals surface area contributed by atoms with E-state index in [2.05, 4.69) is 30.3 Å². The van der Waals surface area contributed by atoms with Gasteiger partial charge in [0.25, 0.3) is 0 Å². The maximum Gasteiger partial charge on any atom is 0.200 e. The summed E-state index contributed by atoms with van der Waals surface area (Å²) in [5.41, 5.74) is 11.0. The summed E-state index contributed by atoms with van der Waals surface area (Å²) in [6.07, 6.45) is 7.47. The number of aromatic hydroxyl groups is 5. The molecule has 8 atom stereocenters. The van der Waals surface area contributed by atoms with E-state index in [1.807, 2.05) is 18.2 Å². The number of ether oxygens (including phenoxy) is 2. The zero-order valence-electron chi connectivity index (χ0n) is 35.6. The number of aryl methyl sites for hydroxylation is 1. The second kappa shape index (κ2) is 17.8. The number of aliphatic hydroxyl groups is 1. The molecule has 0 radical (unpaired) electrons. The second-order valence-electron chi connectivity index (χ2n) is 18.7. The van der Waals surface area contributed by atoms with Gasteiger partial charge in [0.15, 0.2) is 23.0 Å². The van der Waals surface area contributed by atoms with E-state index in [9.17, 15) is 35.4 Å². The van der Waals surface area contributed by atoms with Crippen molar-refractivity contribution < 1.29 is 44.9 Å². The lowest BCUT2D eigenvalue weighted by molar-refractivity contribution is -0.136. The quantitative estimate of drug-likeness (QED) is 0.0445. The number of fused-ring (bicyclic) bond motifs is 1. The van der Waals surface area contributed by atoms with Gasteiger partial charge in [-0.25, -0.2) is 0 Å². The molecule has 5 aromatic carbocycles. The van der Waals surface area contributed by atoms with Gasteiger partial charge in [0.2, 0.25) is 5.75 Å². The van der Waals surface area contributed by atoms with Crippen LogP contribution >= 0.6 is 0 Å². The SMILES string of the molecule is NCOc1cc(CCC(=O)C2CC(Cc3ccc(O)cc3)C3CC4CC(C5(c6ccccc6)CCCCC5)C(c5cc(O)c(O)c(OCc6cccc(O)c6)c54)C3C2O)ccc1O. The van der Waals surface area contributed by atoms with Crippen LogP contribution in [0.4, 0.5) is 0 Å². The molecule has 0 aromatic heterocycles. The Morgan fingerprint density at radius 3 is 2.24 bits per heavy atom. The van der Waals surface area contributed by atoms with Crippen molar-refractivity contribution in [1.29, 1.82) is 0 Å². The van der Waals surface area contributed by atoms with Crippen LogP contribution in [-0.2, 0) is 29.7 Å². The van der Waals surface area contributed by atoms with Gasteiger partial charge >= 0.3 is 0 Å². The van der Waals surface area contributed by atoms with Crippen molar-refractivity contribution in [3.05, 3.63) is 137 Å². The van der Waals surface area contributed by atoms with Crippen LogP contribution in [-0.4, -0.2) is 49.3 Å². The molecule has 0 heterocycles. The molecule has 5 aliphatic carbocycles. The zero-order valence-corrected chi connectivity index (χ0v) is 35.6. The predicted octanol–water partition coefficient (Wildman–Crippen LogP) is 9.26. The summed E-state index contributed by atoms with van der Waals surface area (Å²) >= 11 is 0.